The normalized spacial score (nSPS) is 27.8. The summed E-state index contributed by atoms with van der Waals surface area (Å²) in [6, 6.07) is -0.448. The highest BCUT2D eigenvalue weighted by Crippen LogP contribution is 2.21. The van der Waals surface area contributed by atoms with Gasteiger partial charge in [-0.2, -0.15) is 0 Å². The molecule has 1 amide bonds. The van der Waals surface area contributed by atoms with Crippen LogP contribution in [0.3, 0.4) is 0 Å². The maximum absolute atomic E-state index is 11.8. The molecule has 0 bridgehead atoms. The summed E-state index contributed by atoms with van der Waals surface area (Å²) < 4.78 is 10.7. The Morgan fingerprint density at radius 3 is 2.82 bits per heavy atom. The van der Waals surface area contributed by atoms with Crippen LogP contribution in [-0.4, -0.2) is 44.4 Å². The second kappa shape index (κ2) is 6.33. The SMILES string of the molecule is CCC(C)[C@H](N)C(=O)NCC1(OC)CCOC1. The fraction of sp³-hybridized carbons (Fsp3) is 0.917. The molecule has 1 aliphatic heterocycles. The van der Waals surface area contributed by atoms with Crippen LogP contribution in [0.25, 0.3) is 0 Å². The second-order valence-corrected chi connectivity index (χ2v) is 4.82. The number of nitrogens with one attached hydrogen (secondary N) is 1. The number of ether oxygens (including phenoxy) is 2. The second-order valence-electron chi connectivity index (χ2n) is 4.82. The summed E-state index contributed by atoms with van der Waals surface area (Å²) in [5.74, 6) is 0.0796. The molecule has 0 aliphatic carbocycles. The Labute approximate surface area is 103 Å². The van der Waals surface area contributed by atoms with Crippen molar-refractivity contribution in [3.63, 3.8) is 0 Å². The standard InChI is InChI=1S/C12H24N2O3/c1-4-9(2)10(13)11(15)14-7-12(16-3)5-6-17-8-12/h9-10H,4-8,13H2,1-3H3,(H,14,15)/t9?,10-,12?/m0/s1. The molecule has 0 saturated carbocycles. The van der Waals surface area contributed by atoms with E-state index in [1.165, 1.54) is 0 Å². The van der Waals surface area contributed by atoms with Crippen LogP contribution in [0.5, 0.6) is 0 Å². The van der Waals surface area contributed by atoms with Crippen molar-refractivity contribution < 1.29 is 14.3 Å². The molecule has 0 aromatic rings. The number of methoxy groups -OCH3 is 1. The third-order valence-corrected chi connectivity index (χ3v) is 3.64. The Balaban J connectivity index is 2.41. The van der Waals surface area contributed by atoms with Crippen LogP contribution in [0.2, 0.25) is 0 Å². The van der Waals surface area contributed by atoms with E-state index in [-0.39, 0.29) is 17.4 Å². The molecule has 1 saturated heterocycles. The van der Waals surface area contributed by atoms with E-state index in [1.54, 1.807) is 7.11 Å². The first-order valence-corrected chi connectivity index (χ1v) is 6.21. The van der Waals surface area contributed by atoms with Crippen LogP contribution < -0.4 is 11.1 Å². The molecule has 0 radical (unpaired) electrons. The van der Waals surface area contributed by atoms with Gasteiger partial charge in [0.05, 0.1) is 12.6 Å². The van der Waals surface area contributed by atoms with Gasteiger partial charge in [0, 0.05) is 26.7 Å². The minimum absolute atomic E-state index is 0.109. The zero-order chi connectivity index (χ0) is 12.9. The van der Waals surface area contributed by atoms with Crippen LogP contribution in [0.4, 0.5) is 0 Å². The van der Waals surface area contributed by atoms with Crippen LogP contribution in [0, 0.1) is 5.92 Å². The van der Waals surface area contributed by atoms with Crippen LogP contribution in [-0.2, 0) is 14.3 Å². The number of hydrogen-bond acceptors (Lipinski definition) is 4. The monoisotopic (exact) mass is 244 g/mol. The van der Waals surface area contributed by atoms with E-state index in [4.69, 9.17) is 15.2 Å². The lowest BCUT2D eigenvalue weighted by Crippen LogP contribution is -2.51. The Hall–Kier alpha value is -0.650. The van der Waals surface area contributed by atoms with Gasteiger partial charge in [-0.25, -0.2) is 0 Å². The molecule has 1 aliphatic rings. The van der Waals surface area contributed by atoms with Crippen molar-refractivity contribution in [1.82, 2.24) is 5.32 Å². The van der Waals surface area contributed by atoms with E-state index in [2.05, 4.69) is 5.32 Å². The van der Waals surface area contributed by atoms with Gasteiger partial charge < -0.3 is 20.5 Å². The van der Waals surface area contributed by atoms with E-state index < -0.39 is 6.04 Å². The number of nitrogens with two attached hydrogens (primary N) is 1. The topological polar surface area (TPSA) is 73.6 Å². The zero-order valence-electron chi connectivity index (χ0n) is 11.0. The van der Waals surface area contributed by atoms with E-state index >= 15 is 0 Å². The Bertz CT molecular complexity index is 252. The fourth-order valence-electron chi connectivity index (χ4n) is 1.84. The predicted octanol–water partition coefficient (Wildman–Crippen LogP) is 0.282. The molecule has 100 valence electrons. The smallest absolute Gasteiger partial charge is 0.237 e. The molecule has 5 heteroatoms. The number of amides is 1. The van der Waals surface area contributed by atoms with Crippen molar-refractivity contribution in [3.8, 4) is 0 Å². The Morgan fingerprint density at radius 1 is 1.65 bits per heavy atom. The van der Waals surface area contributed by atoms with Gasteiger partial charge in [0.15, 0.2) is 0 Å². The van der Waals surface area contributed by atoms with E-state index in [0.29, 0.717) is 19.8 Å². The molecule has 5 nitrogen and oxygen atoms in total. The molecule has 0 aromatic heterocycles. The molecule has 0 spiro atoms. The molecule has 17 heavy (non-hydrogen) atoms. The largest absolute Gasteiger partial charge is 0.378 e. The third-order valence-electron chi connectivity index (χ3n) is 3.64. The lowest BCUT2D eigenvalue weighted by atomic mass is 9.98. The minimum Gasteiger partial charge on any atom is -0.378 e. The summed E-state index contributed by atoms with van der Waals surface area (Å²) in [4.78, 5) is 11.8. The fourth-order valence-corrected chi connectivity index (χ4v) is 1.84. The van der Waals surface area contributed by atoms with E-state index in [9.17, 15) is 4.79 Å². The van der Waals surface area contributed by atoms with Crippen LogP contribution >= 0.6 is 0 Å². The molecule has 1 fully saturated rings. The van der Waals surface area contributed by atoms with Crippen LogP contribution in [0.1, 0.15) is 26.7 Å². The summed E-state index contributed by atoms with van der Waals surface area (Å²) in [5, 5.41) is 2.86. The summed E-state index contributed by atoms with van der Waals surface area (Å²) in [5.41, 5.74) is 5.49. The van der Waals surface area contributed by atoms with Crippen molar-refractivity contribution in [3.05, 3.63) is 0 Å². The van der Waals surface area contributed by atoms with E-state index in [1.807, 2.05) is 13.8 Å². The van der Waals surface area contributed by atoms with Gasteiger partial charge >= 0.3 is 0 Å². The number of carbonyl (C=O) groups is 1. The highest BCUT2D eigenvalue weighted by atomic mass is 16.5. The van der Waals surface area contributed by atoms with Crippen molar-refractivity contribution in [2.75, 3.05) is 26.9 Å². The van der Waals surface area contributed by atoms with Crippen molar-refractivity contribution in [2.45, 2.75) is 38.3 Å². The van der Waals surface area contributed by atoms with Gasteiger partial charge in [-0.1, -0.05) is 20.3 Å². The van der Waals surface area contributed by atoms with Gasteiger partial charge in [0.1, 0.15) is 5.60 Å². The Kier molecular flexibility index (Phi) is 5.36. The highest BCUT2D eigenvalue weighted by molar-refractivity contribution is 5.81. The molecule has 1 rings (SSSR count). The average Bonchev–Trinajstić information content (AvgIpc) is 2.83. The van der Waals surface area contributed by atoms with Crippen LogP contribution in [0.15, 0.2) is 0 Å². The molecular formula is C12H24N2O3. The van der Waals surface area contributed by atoms with Crippen molar-refractivity contribution in [1.29, 1.82) is 0 Å². The summed E-state index contributed by atoms with van der Waals surface area (Å²) in [6.45, 7) is 5.68. The Morgan fingerprint density at radius 2 is 2.35 bits per heavy atom. The maximum Gasteiger partial charge on any atom is 0.237 e. The van der Waals surface area contributed by atoms with Gasteiger partial charge in [0.25, 0.3) is 0 Å². The quantitative estimate of drug-likeness (QED) is 0.704. The lowest BCUT2D eigenvalue weighted by molar-refractivity contribution is -0.125. The van der Waals surface area contributed by atoms with Gasteiger partial charge in [-0.15, -0.1) is 0 Å². The number of carbonyl (C=O) groups excluding carboxylic acids is 1. The molecule has 3 atom stereocenters. The maximum atomic E-state index is 11.8. The summed E-state index contributed by atoms with van der Waals surface area (Å²) >= 11 is 0. The first kappa shape index (κ1) is 14.4. The molecule has 1 heterocycles. The van der Waals surface area contributed by atoms with E-state index in [0.717, 1.165) is 12.8 Å². The summed E-state index contributed by atoms with van der Waals surface area (Å²) in [7, 11) is 1.65. The minimum atomic E-state index is -0.448. The highest BCUT2D eigenvalue weighted by Gasteiger charge is 2.35. The molecule has 2 unspecified atom stereocenters. The van der Waals surface area contributed by atoms with Gasteiger partial charge in [-0.3, -0.25) is 4.79 Å². The lowest BCUT2D eigenvalue weighted by Gasteiger charge is -2.27. The average molecular weight is 244 g/mol. The predicted molar refractivity (Wildman–Crippen MR) is 65.6 cm³/mol. The number of rotatable bonds is 6. The third kappa shape index (κ3) is 3.66. The first-order chi connectivity index (χ1) is 8.04. The summed E-state index contributed by atoms with van der Waals surface area (Å²) in [6.07, 6.45) is 1.70. The molecule has 3 N–H and O–H groups in total. The number of hydrogen-bond donors (Lipinski definition) is 2. The molecular weight excluding hydrogens is 220 g/mol. The first-order valence-electron chi connectivity index (χ1n) is 6.21. The van der Waals surface area contributed by atoms with Gasteiger partial charge in [0.2, 0.25) is 5.91 Å². The van der Waals surface area contributed by atoms with Gasteiger partial charge in [-0.05, 0) is 5.92 Å². The van der Waals surface area contributed by atoms with Crippen molar-refractivity contribution >= 4 is 5.91 Å². The molecule has 0 aromatic carbocycles. The van der Waals surface area contributed by atoms with Crippen molar-refractivity contribution in [2.24, 2.45) is 11.7 Å². The zero-order valence-corrected chi connectivity index (χ0v) is 11.0.